The van der Waals surface area contributed by atoms with E-state index >= 15 is 0 Å². The lowest BCUT2D eigenvalue weighted by Crippen LogP contribution is -2.48. The van der Waals surface area contributed by atoms with Crippen molar-refractivity contribution >= 4 is 0 Å². The van der Waals surface area contributed by atoms with Gasteiger partial charge < -0.3 is 10.0 Å². The van der Waals surface area contributed by atoms with E-state index in [0.29, 0.717) is 6.54 Å². The average molecular weight is 182 g/mol. The van der Waals surface area contributed by atoms with Crippen molar-refractivity contribution in [3.05, 3.63) is 5.43 Å². The quantitative estimate of drug-likeness (QED) is 0.551. The second-order valence-corrected chi connectivity index (χ2v) is 3.49. The Morgan fingerprint density at radius 2 is 2.08 bits per heavy atom. The molecule has 1 heterocycles. The van der Waals surface area contributed by atoms with Crippen LogP contribution in [-0.4, -0.2) is 36.9 Å². The molecule has 72 valence electrons. The van der Waals surface area contributed by atoms with Crippen molar-refractivity contribution in [2.75, 3.05) is 20.1 Å². The molecule has 0 saturated carbocycles. The van der Waals surface area contributed by atoms with E-state index in [1.54, 1.807) is 0 Å². The highest BCUT2D eigenvalue weighted by atomic mass is 19.4. The molecule has 0 N–H and O–H groups in total. The predicted octanol–water partition coefficient (Wildman–Crippen LogP) is 2.08. The molecule has 0 amide bonds. The molecule has 0 aromatic rings. The number of halogens is 3. The van der Waals surface area contributed by atoms with Gasteiger partial charge in [-0.1, -0.05) is 0 Å². The van der Waals surface area contributed by atoms with Crippen LogP contribution in [-0.2, 0) is 0 Å². The molecule has 0 spiro atoms. The molecular weight excluding hydrogens is 169 g/mol. The maximum atomic E-state index is 12.1. The molecule has 1 aliphatic heterocycles. The molecule has 1 saturated heterocycles. The number of quaternary nitrogens is 1. The first-order valence-corrected chi connectivity index (χ1v) is 3.94. The summed E-state index contributed by atoms with van der Waals surface area (Å²) >= 11 is 0. The number of alkyl halides is 3. The lowest BCUT2D eigenvalue weighted by atomic mass is 10.2. The highest BCUT2D eigenvalue weighted by Crippen LogP contribution is 2.32. The lowest BCUT2D eigenvalue weighted by molar-refractivity contribution is -0.897. The van der Waals surface area contributed by atoms with Crippen LogP contribution in [0.15, 0.2) is 0 Å². The maximum absolute atomic E-state index is 12.1. The van der Waals surface area contributed by atoms with Gasteiger partial charge in [0, 0.05) is 0 Å². The fourth-order valence-electron chi connectivity index (χ4n) is 1.46. The van der Waals surface area contributed by atoms with Gasteiger partial charge in [-0.15, -0.1) is 6.54 Å². The van der Waals surface area contributed by atoms with Crippen LogP contribution in [0, 0.1) is 0 Å². The molecule has 2 unspecified atom stereocenters. The van der Waals surface area contributed by atoms with E-state index < -0.39 is 12.7 Å². The van der Waals surface area contributed by atoms with Crippen molar-refractivity contribution in [2.45, 2.75) is 25.6 Å². The molecule has 0 radical (unpaired) electrons. The minimum Gasteiger partial charge on any atom is -0.452 e. The third kappa shape index (κ3) is 2.10. The molecule has 1 rings (SSSR count). The Labute approximate surface area is 69.9 Å². The van der Waals surface area contributed by atoms with Crippen LogP contribution in [0.25, 0.3) is 5.43 Å². The Hall–Kier alpha value is -0.290. The fourth-order valence-corrected chi connectivity index (χ4v) is 1.46. The first-order valence-electron chi connectivity index (χ1n) is 3.94. The first-order chi connectivity index (χ1) is 5.33. The zero-order valence-corrected chi connectivity index (χ0v) is 7.23. The van der Waals surface area contributed by atoms with E-state index in [2.05, 4.69) is 5.43 Å². The first kappa shape index (κ1) is 9.80. The van der Waals surface area contributed by atoms with Gasteiger partial charge in [-0.3, -0.25) is 0 Å². The van der Waals surface area contributed by atoms with Gasteiger partial charge in [0.25, 0.3) is 0 Å². The average Bonchev–Trinajstić information content (AvgIpc) is 2.08. The van der Waals surface area contributed by atoms with Gasteiger partial charge in [0.05, 0.1) is 13.1 Å². The molecule has 1 fully saturated rings. The van der Waals surface area contributed by atoms with Gasteiger partial charge in [0.2, 0.25) is 0 Å². The zero-order valence-electron chi connectivity index (χ0n) is 7.23. The van der Waals surface area contributed by atoms with Gasteiger partial charge >= 0.3 is 6.18 Å². The summed E-state index contributed by atoms with van der Waals surface area (Å²) in [6.07, 6.45) is -3.36. The van der Waals surface area contributed by atoms with E-state index in [-0.39, 0.29) is 10.6 Å². The minimum absolute atomic E-state index is 0.00775. The van der Waals surface area contributed by atoms with Crippen LogP contribution < -0.4 is 0 Å². The Bertz CT molecular complexity index is 169. The van der Waals surface area contributed by atoms with Crippen molar-refractivity contribution in [1.82, 2.24) is 0 Å². The lowest BCUT2D eigenvalue weighted by Gasteiger charge is -2.44. The van der Waals surface area contributed by atoms with Gasteiger partial charge in [-0.05, 0) is 13.3 Å². The van der Waals surface area contributed by atoms with Crippen molar-refractivity contribution < 1.29 is 17.8 Å². The van der Waals surface area contributed by atoms with Crippen LogP contribution in [0.2, 0.25) is 0 Å². The minimum atomic E-state index is -4.11. The molecule has 5 heteroatoms. The topological polar surface area (TPSA) is 14.1 Å². The van der Waals surface area contributed by atoms with Crippen LogP contribution >= 0.6 is 0 Å². The number of nitrogens with zero attached hydrogens (tertiary/aromatic N) is 2. The second kappa shape index (κ2) is 2.88. The van der Waals surface area contributed by atoms with Crippen molar-refractivity contribution in [2.24, 2.45) is 0 Å². The van der Waals surface area contributed by atoms with E-state index in [0.717, 1.165) is 6.42 Å². The number of hydrogen-bond acceptors (Lipinski definition) is 0. The Morgan fingerprint density at radius 3 is 2.42 bits per heavy atom. The Kier molecular flexibility index (Phi) is 2.35. The Balaban J connectivity index is 2.60. The summed E-state index contributed by atoms with van der Waals surface area (Å²) in [5.41, 5.74) is 3.95. The molecule has 0 bridgehead atoms. The number of hydrogen-bond donors (Lipinski definition) is 0. The van der Waals surface area contributed by atoms with Crippen LogP contribution in [0.1, 0.15) is 13.3 Å². The van der Waals surface area contributed by atoms with E-state index in [9.17, 15) is 13.2 Å². The summed E-state index contributed by atoms with van der Waals surface area (Å²) in [5, 5.41) is 0. The summed E-state index contributed by atoms with van der Waals surface area (Å²) in [4.78, 5) is 0. The molecular formula is C7H13F3N2. The van der Waals surface area contributed by atoms with E-state index in [1.165, 1.54) is 7.05 Å². The molecule has 12 heavy (non-hydrogen) atoms. The molecule has 1 aliphatic rings. The SMILES string of the molecule is CC1CC[N-][N+]1(C)CC(F)(F)F. The largest absolute Gasteiger partial charge is 0.452 e. The van der Waals surface area contributed by atoms with Crippen LogP contribution in [0.4, 0.5) is 13.2 Å². The molecule has 0 aromatic heterocycles. The summed E-state index contributed by atoms with van der Waals surface area (Å²) in [5.74, 6) is 0. The summed E-state index contributed by atoms with van der Waals surface area (Å²) in [7, 11) is 1.53. The van der Waals surface area contributed by atoms with Crippen molar-refractivity contribution in [1.29, 1.82) is 0 Å². The molecule has 2 atom stereocenters. The Morgan fingerprint density at radius 1 is 1.50 bits per heavy atom. The monoisotopic (exact) mass is 182 g/mol. The second-order valence-electron chi connectivity index (χ2n) is 3.49. The summed E-state index contributed by atoms with van der Waals surface area (Å²) < 4.78 is 35.9. The van der Waals surface area contributed by atoms with E-state index in [4.69, 9.17) is 0 Å². The molecule has 2 nitrogen and oxygen atoms in total. The third-order valence-electron chi connectivity index (χ3n) is 2.42. The van der Waals surface area contributed by atoms with Gasteiger partial charge in [-0.2, -0.15) is 13.2 Å². The predicted molar refractivity (Wildman–Crippen MR) is 39.4 cm³/mol. The van der Waals surface area contributed by atoms with Gasteiger partial charge in [-0.25, -0.2) is 0 Å². The molecule has 0 aliphatic carbocycles. The van der Waals surface area contributed by atoms with Crippen LogP contribution in [0.5, 0.6) is 0 Å². The highest BCUT2D eigenvalue weighted by molar-refractivity contribution is 4.78. The normalized spacial score (nSPS) is 37.2. The summed E-state index contributed by atoms with van der Waals surface area (Å²) in [6, 6.07) is -0.00775. The standard InChI is InChI=1S/C7H13F3N2/c1-6-3-4-11-12(6,2)5-7(8,9)10/h6H,3-5H2,1-2H3. The van der Waals surface area contributed by atoms with Gasteiger partial charge in [0.1, 0.15) is 0 Å². The highest BCUT2D eigenvalue weighted by Gasteiger charge is 2.40. The fraction of sp³-hybridized carbons (Fsp3) is 1.00. The molecule has 0 aromatic carbocycles. The van der Waals surface area contributed by atoms with Gasteiger partial charge in [0.15, 0.2) is 6.54 Å². The smallest absolute Gasteiger partial charge is 0.437 e. The number of rotatable bonds is 1. The summed E-state index contributed by atoms with van der Waals surface area (Å²) in [6.45, 7) is 1.52. The van der Waals surface area contributed by atoms with Crippen LogP contribution in [0.3, 0.4) is 0 Å². The maximum Gasteiger partial charge on any atom is 0.437 e. The van der Waals surface area contributed by atoms with Crippen molar-refractivity contribution in [3.8, 4) is 0 Å². The third-order valence-corrected chi connectivity index (χ3v) is 2.42. The zero-order chi connectivity index (χ0) is 9.41. The van der Waals surface area contributed by atoms with Crippen molar-refractivity contribution in [3.63, 3.8) is 0 Å². The van der Waals surface area contributed by atoms with E-state index in [1.807, 2.05) is 6.92 Å².